The summed E-state index contributed by atoms with van der Waals surface area (Å²) in [6.45, 7) is 2.80. The molecule has 18 heavy (non-hydrogen) atoms. The summed E-state index contributed by atoms with van der Waals surface area (Å²) < 4.78 is 1.99. The highest BCUT2D eigenvalue weighted by Crippen LogP contribution is 2.18. The van der Waals surface area contributed by atoms with Crippen LogP contribution in [-0.2, 0) is 13.0 Å². The number of rotatable bonds is 3. The summed E-state index contributed by atoms with van der Waals surface area (Å²) in [7, 11) is 0. The summed E-state index contributed by atoms with van der Waals surface area (Å²) in [6.07, 6.45) is 0.961. The molecule has 0 amide bonds. The molecule has 3 rings (SSSR count). The molecule has 92 valence electrons. The monoisotopic (exact) mass is 258 g/mol. The van der Waals surface area contributed by atoms with Crippen LogP contribution in [0.4, 0.5) is 5.95 Å². The highest BCUT2D eigenvalue weighted by Gasteiger charge is 2.09. The van der Waals surface area contributed by atoms with Gasteiger partial charge in [-0.05, 0) is 36.9 Å². The molecule has 3 aromatic rings. The molecule has 0 aliphatic rings. The number of hydrogen-bond donors (Lipinski definition) is 1. The topological polar surface area (TPSA) is 56.7 Å². The molecule has 0 aromatic carbocycles. The average molecular weight is 258 g/mol. The van der Waals surface area contributed by atoms with E-state index >= 15 is 0 Å². The Morgan fingerprint density at radius 1 is 1.28 bits per heavy atom. The summed E-state index contributed by atoms with van der Waals surface area (Å²) in [5, 5.41) is 2.09. The summed E-state index contributed by atoms with van der Waals surface area (Å²) in [4.78, 5) is 10.2. The first kappa shape index (κ1) is 11.2. The maximum Gasteiger partial charge on any atom is 0.202 e. The number of anilines is 1. The van der Waals surface area contributed by atoms with Gasteiger partial charge in [0.25, 0.3) is 0 Å². The molecule has 2 N–H and O–H groups in total. The van der Waals surface area contributed by atoms with Gasteiger partial charge in [0.2, 0.25) is 5.95 Å². The van der Waals surface area contributed by atoms with Crippen molar-refractivity contribution >= 4 is 28.4 Å². The predicted molar refractivity (Wildman–Crippen MR) is 74.7 cm³/mol. The van der Waals surface area contributed by atoms with E-state index in [1.807, 2.05) is 23.6 Å². The molecule has 0 bridgehead atoms. The Hall–Kier alpha value is -1.88. The van der Waals surface area contributed by atoms with Gasteiger partial charge in [0.1, 0.15) is 5.52 Å². The fraction of sp³-hybridized carbons (Fsp3) is 0.231. The number of pyridine rings is 1. The first-order chi connectivity index (χ1) is 8.74. The van der Waals surface area contributed by atoms with Crippen LogP contribution < -0.4 is 5.73 Å². The van der Waals surface area contributed by atoms with E-state index < -0.39 is 0 Å². The van der Waals surface area contributed by atoms with E-state index in [0.29, 0.717) is 5.95 Å². The van der Waals surface area contributed by atoms with Crippen molar-refractivity contribution in [3.63, 3.8) is 0 Å². The molecule has 0 saturated heterocycles. The molecule has 3 aromatic heterocycles. The molecule has 3 heterocycles. The van der Waals surface area contributed by atoms with Crippen LogP contribution in [-0.4, -0.2) is 14.5 Å². The van der Waals surface area contributed by atoms with Crippen LogP contribution in [0.3, 0.4) is 0 Å². The third-order valence-electron chi connectivity index (χ3n) is 2.92. The van der Waals surface area contributed by atoms with Crippen molar-refractivity contribution in [2.75, 3.05) is 5.73 Å². The number of nitrogens with two attached hydrogens (primary N) is 1. The minimum absolute atomic E-state index is 0.541. The molecule has 4 nitrogen and oxygen atoms in total. The smallest absolute Gasteiger partial charge is 0.202 e. The van der Waals surface area contributed by atoms with Crippen LogP contribution in [0.1, 0.15) is 10.6 Å². The van der Waals surface area contributed by atoms with Gasteiger partial charge in [0.05, 0.1) is 0 Å². The van der Waals surface area contributed by atoms with Crippen molar-refractivity contribution in [1.82, 2.24) is 14.5 Å². The van der Waals surface area contributed by atoms with Gasteiger partial charge in [0, 0.05) is 17.1 Å². The molecule has 0 saturated carbocycles. The lowest BCUT2D eigenvalue weighted by Gasteiger charge is -2.04. The lowest BCUT2D eigenvalue weighted by Crippen LogP contribution is -2.06. The number of hydrogen-bond acceptors (Lipinski definition) is 4. The minimum Gasteiger partial charge on any atom is -0.369 e. The fourth-order valence-corrected chi connectivity index (χ4v) is 2.71. The Morgan fingerprint density at radius 2 is 2.17 bits per heavy atom. The highest BCUT2D eigenvalue weighted by molar-refractivity contribution is 7.09. The summed E-state index contributed by atoms with van der Waals surface area (Å²) in [5.41, 5.74) is 8.69. The van der Waals surface area contributed by atoms with Crippen LogP contribution in [0.5, 0.6) is 0 Å². The molecule has 0 atom stereocenters. The van der Waals surface area contributed by atoms with E-state index in [-0.39, 0.29) is 0 Å². The van der Waals surface area contributed by atoms with Crippen LogP contribution in [0.15, 0.2) is 29.6 Å². The Labute approximate surface area is 109 Å². The van der Waals surface area contributed by atoms with Crippen molar-refractivity contribution in [3.05, 3.63) is 40.2 Å². The zero-order valence-corrected chi connectivity index (χ0v) is 10.9. The van der Waals surface area contributed by atoms with Crippen LogP contribution in [0.25, 0.3) is 11.2 Å². The van der Waals surface area contributed by atoms with E-state index in [9.17, 15) is 0 Å². The van der Waals surface area contributed by atoms with E-state index in [2.05, 4.69) is 27.5 Å². The molecule has 0 unspecified atom stereocenters. The number of thiophene rings is 1. The maximum absolute atomic E-state index is 5.96. The summed E-state index contributed by atoms with van der Waals surface area (Å²) in [6, 6.07) is 8.13. The molecule has 0 aliphatic heterocycles. The van der Waals surface area contributed by atoms with Gasteiger partial charge in [-0.1, -0.05) is 6.07 Å². The SMILES string of the molecule is Cc1ccc2nc(N)n(CCc3cccs3)c2n1. The van der Waals surface area contributed by atoms with Crippen molar-refractivity contribution in [1.29, 1.82) is 0 Å². The Balaban J connectivity index is 1.95. The third-order valence-corrected chi connectivity index (χ3v) is 3.86. The summed E-state index contributed by atoms with van der Waals surface area (Å²) >= 11 is 1.76. The zero-order chi connectivity index (χ0) is 12.5. The Bertz CT molecular complexity index is 670. The third kappa shape index (κ3) is 1.97. The van der Waals surface area contributed by atoms with Crippen molar-refractivity contribution in [3.8, 4) is 0 Å². The molecular weight excluding hydrogens is 244 g/mol. The standard InChI is InChI=1S/C13H14N4S/c1-9-4-5-11-12(15-9)17(13(14)16-11)7-6-10-3-2-8-18-10/h2-5,8H,6-7H2,1H3,(H2,14,16). The van der Waals surface area contributed by atoms with Crippen molar-refractivity contribution in [2.45, 2.75) is 19.9 Å². The number of nitrogen functional groups attached to an aromatic ring is 1. The second-order valence-electron chi connectivity index (χ2n) is 4.25. The quantitative estimate of drug-likeness (QED) is 0.785. The molecule has 0 aliphatic carbocycles. The number of imidazole rings is 1. The number of aryl methyl sites for hydroxylation is 3. The van der Waals surface area contributed by atoms with Gasteiger partial charge in [-0.3, -0.25) is 4.57 Å². The maximum atomic E-state index is 5.96. The molecule has 5 heteroatoms. The molecule has 0 fully saturated rings. The lowest BCUT2D eigenvalue weighted by molar-refractivity contribution is 0.725. The lowest BCUT2D eigenvalue weighted by atomic mass is 10.3. The second kappa shape index (κ2) is 4.42. The number of aromatic nitrogens is 3. The van der Waals surface area contributed by atoms with Crippen molar-refractivity contribution in [2.24, 2.45) is 0 Å². The Kier molecular flexibility index (Phi) is 2.76. The highest BCUT2D eigenvalue weighted by atomic mass is 32.1. The fourth-order valence-electron chi connectivity index (χ4n) is 2.01. The largest absolute Gasteiger partial charge is 0.369 e. The van der Waals surface area contributed by atoms with Crippen LogP contribution in [0.2, 0.25) is 0 Å². The van der Waals surface area contributed by atoms with E-state index in [1.54, 1.807) is 11.3 Å². The van der Waals surface area contributed by atoms with E-state index in [0.717, 1.165) is 29.8 Å². The van der Waals surface area contributed by atoms with Crippen LogP contribution in [0, 0.1) is 6.92 Å². The van der Waals surface area contributed by atoms with Crippen LogP contribution >= 0.6 is 11.3 Å². The van der Waals surface area contributed by atoms with Gasteiger partial charge in [0.15, 0.2) is 5.65 Å². The van der Waals surface area contributed by atoms with Crippen molar-refractivity contribution < 1.29 is 0 Å². The van der Waals surface area contributed by atoms with E-state index in [1.165, 1.54) is 4.88 Å². The average Bonchev–Trinajstić information content (AvgIpc) is 2.94. The zero-order valence-electron chi connectivity index (χ0n) is 10.1. The van der Waals surface area contributed by atoms with Gasteiger partial charge in [-0.2, -0.15) is 0 Å². The number of fused-ring (bicyclic) bond motifs is 1. The van der Waals surface area contributed by atoms with Gasteiger partial charge in [-0.25, -0.2) is 9.97 Å². The Morgan fingerprint density at radius 3 is 2.94 bits per heavy atom. The summed E-state index contributed by atoms with van der Waals surface area (Å²) in [5.74, 6) is 0.541. The molecular formula is C13H14N4S. The first-order valence-electron chi connectivity index (χ1n) is 5.86. The van der Waals surface area contributed by atoms with Gasteiger partial charge < -0.3 is 5.73 Å². The molecule has 0 radical (unpaired) electrons. The predicted octanol–water partition coefficient (Wildman–Crippen LogP) is 2.63. The normalized spacial score (nSPS) is 11.2. The first-order valence-corrected chi connectivity index (χ1v) is 6.74. The molecule has 0 spiro atoms. The minimum atomic E-state index is 0.541. The van der Waals surface area contributed by atoms with Gasteiger partial charge >= 0.3 is 0 Å². The number of nitrogens with zero attached hydrogens (tertiary/aromatic N) is 3. The second-order valence-corrected chi connectivity index (χ2v) is 5.28. The van der Waals surface area contributed by atoms with E-state index in [4.69, 9.17) is 5.73 Å². The van der Waals surface area contributed by atoms with Gasteiger partial charge in [-0.15, -0.1) is 11.3 Å².